The van der Waals surface area contributed by atoms with E-state index >= 15 is 0 Å². The van der Waals surface area contributed by atoms with Crippen LogP contribution < -0.4 is 15.5 Å². The number of rotatable bonds is 7. The molecular weight excluding hydrogens is 300 g/mol. The van der Waals surface area contributed by atoms with Crippen molar-refractivity contribution in [2.45, 2.75) is 33.7 Å². The normalized spacial score (nSPS) is 10.5. The third kappa shape index (κ3) is 4.72. The van der Waals surface area contributed by atoms with Crippen molar-refractivity contribution in [3.05, 3.63) is 48.3 Å². The summed E-state index contributed by atoms with van der Waals surface area (Å²) in [6.45, 7) is 10.3. The van der Waals surface area contributed by atoms with Crippen LogP contribution in [0, 0.1) is 0 Å². The fourth-order valence-corrected chi connectivity index (χ4v) is 2.49. The molecule has 0 aliphatic heterocycles. The molecule has 2 aromatic rings. The lowest BCUT2D eigenvalue weighted by atomic mass is 10.2. The zero-order valence-electron chi connectivity index (χ0n) is 14.8. The summed E-state index contributed by atoms with van der Waals surface area (Å²) in [5, 5.41) is 6.13. The van der Waals surface area contributed by atoms with Crippen molar-refractivity contribution in [1.29, 1.82) is 0 Å². The number of aromatic nitrogens is 1. The van der Waals surface area contributed by atoms with Crippen LogP contribution >= 0.6 is 0 Å². The Bertz CT molecular complexity index is 646. The molecule has 0 unspecified atom stereocenters. The van der Waals surface area contributed by atoms with Gasteiger partial charge < -0.3 is 15.5 Å². The molecule has 2 N–H and O–H groups in total. The highest BCUT2D eigenvalue weighted by molar-refractivity contribution is 6.03. The maximum atomic E-state index is 12.3. The molecule has 1 aromatic heterocycles. The van der Waals surface area contributed by atoms with Crippen LogP contribution in [-0.2, 0) is 0 Å². The van der Waals surface area contributed by atoms with Gasteiger partial charge in [-0.2, -0.15) is 0 Å². The van der Waals surface area contributed by atoms with Gasteiger partial charge in [-0.05, 0) is 64.1 Å². The highest BCUT2D eigenvalue weighted by Gasteiger charge is 2.08. The highest BCUT2D eigenvalue weighted by atomic mass is 16.1. The Morgan fingerprint density at radius 3 is 2.17 bits per heavy atom. The first-order valence-electron chi connectivity index (χ1n) is 8.42. The van der Waals surface area contributed by atoms with Crippen molar-refractivity contribution in [3.63, 3.8) is 0 Å². The lowest BCUT2D eigenvalue weighted by Crippen LogP contribution is -2.21. The van der Waals surface area contributed by atoms with Crippen LogP contribution in [-0.4, -0.2) is 30.0 Å². The predicted molar refractivity (Wildman–Crippen MR) is 101 cm³/mol. The molecule has 128 valence electrons. The molecule has 2 rings (SSSR count). The Kier molecular flexibility index (Phi) is 6.18. The molecule has 5 heteroatoms. The zero-order chi connectivity index (χ0) is 17.5. The standard InChI is InChI=1S/C19H26N4O/c1-5-23(6-2)17-10-7-15(8-11-17)22-19(24)18-12-9-16(13-20-18)21-14(3)4/h7-14,21H,5-6H2,1-4H3,(H,22,24). The van der Waals surface area contributed by atoms with E-state index in [1.54, 1.807) is 12.3 Å². The molecule has 0 spiro atoms. The van der Waals surface area contributed by atoms with Gasteiger partial charge in [0, 0.05) is 30.5 Å². The maximum absolute atomic E-state index is 12.3. The zero-order valence-corrected chi connectivity index (χ0v) is 14.8. The van der Waals surface area contributed by atoms with Crippen molar-refractivity contribution in [2.75, 3.05) is 28.6 Å². The van der Waals surface area contributed by atoms with Gasteiger partial charge in [0.15, 0.2) is 0 Å². The quantitative estimate of drug-likeness (QED) is 0.807. The van der Waals surface area contributed by atoms with E-state index in [4.69, 9.17) is 0 Å². The van der Waals surface area contributed by atoms with Crippen LogP contribution in [0.3, 0.4) is 0 Å². The number of hydrogen-bond donors (Lipinski definition) is 2. The Hall–Kier alpha value is -2.56. The maximum Gasteiger partial charge on any atom is 0.274 e. The van der Waals surface area contributed by atoms with Gasteiger partial charge >= 0.3 is 0 Å². The SMILES string of the molecule is CCN(CC)c1ccc(NC(=O)c2ccc(NC(C)C)cn2)cc1. The number of anilines is 3. The lowest BCUT2D eigenvalue weighted by molar-refractivity contribution is 0.102. The van der Waals surface area contributed by atoms with Gasteiger partial charge in [0.25, 0.3) is 5.91 Å². The molecule has 0 saturated carbocycles. The van der Waals surface area contributed by atoms with E-state index in [2.05, 4.69) is 48.2 Å². The fraction of sp³-hybridized carbons (Fsp3) is 0.368. The first-order valence-corrected chi connectivity index (χ1v) is 8.42. The van der Waals surface area contributed by atoms with Gasteiger partial charge in [0.1, 0.15) is 5.69 Å². The van der Waals surface area contributed by atoms with Crippen LogP contribution in [0.2, 0.25) is 0 Å². The van der Waals surface area contributed by atoms with Gasteiger partial charge in [-0.25, -0.2) is 4.98 Å². The van der Waals surface area contributed by atoms with Crippen molar-refractivity contribution >= 4 is 23.0 Å². The van der Waals surface area contributed by atoms with Crippen LogP contribution in [0.25, 0.3) is 0 Å². The number of benzene rings is 1. The molecule has 5 nitrogen and oxygen atoms in total. The highest BCUT2D eigenvalue weighted by Crippen LogP contribution is 2.18. The minimum Gasteiger partial charge on any atom is -0.382 e. The van der Waals surface area contributed by atoms with Gasteiger partial charge in [-0.15, -0.1) is 0 Å². The van der Waals surface area contributed by atoms with E-state index in [1.807, 2.05) is 30.3 Å². The number of amides is 1. The Morgan fingerprint density at radius 2 is 1.67 bits per heavy atom. The van der Waals surface area contributed by atoms with E-state index in [-0.39, 0.29) is 5.91 Å². The Balaban J connectivity index is 2.01. The summed E-state index contributed by atoms with van der Waals surface area (Å²) >= 11 is 0. The van der Waals surface area contributed by atoms with Gasteiger partial charge in [-0.3, -0.25) is 4.79 Å². The van der Waals surface area contributed by atoms with E-state index in [0.29, 0.717) is 11.7 Å². The van der Waals surface area contributed by atoms with Gasteiger partial charge in [-0.1, -0.05) is 0 Å². The molecule has 0 atom stereocenters. The number of carbonyl (C=O) groups is 1. The first-order chi connectivity index (χ1) is 11.5. The van der Waals surface area contributed by atoms with E-state index in [0.717, 1.165) is 30.2 Å². The van der Waals surface area contributed by atoms with Crippen LogP contribution in [0.5, 0.6) is 0 Å². The molecule has 0 bridgehead atoms. The summed E-state index contributed by atoms with van der Waals surface area (Å²) in [6.07, 6.45) is 1.68. The van der Waals surface area contributed by atoms with Crippen molar-refractivity contribution in [2.24, 2.45) is 0 Å². The number of nitrogens with one attached hydrogen (secondary N) is 2. The fourth-order valence-electron chi connectivity index (χ4n) is 2.49. The largest absolute Gasteiger partial charge is 0.382 e. The molecule has 1 amide bonds. The molecule has 1 heterocycles. The second-order valence-corrected chi connectivity index (χ2v) is 5.90. The van der Waals surface area contributed by atoms with Gasteiger partial charge in [0.05, 0.1) is 11.9 Å². The smallest absolute Gasteiger partial charge is 0.274 e. The lowest BCUT2D eigenvalue weighted by Gasteiger charge is -2.21. The van der Waals surface area contributed by atoms with E-state index in [1.165, 1.54) is 0 Å². The number of nitrogens with zero attached hydrogens (tertiary/aromatic N) is 2. The van der Waals surface area contributed by atoms with Crippen LogP contribution in [0.4, 0.5) is 17.1 Å². The molecular formula is C19H26N4O. The van der Waals surface area contributed by atoms with Crippen LogP contribution in [0.15, 0.2) is 42.6 Å². The summed E-state index contributed by atoms with van der Waals surface area (Å²) in [6, 6.07) is 11.8. The number of hydrogen-bond acceptors (Lipinski definition) is 4. The summed E-state index contributed by atoms with van der Waals surface area (Å²) in [5.41, 5.74) is 3.23. The summed E-state index contributed by atoms with van der Waals surface area (Å²) in [7, 11) is 0. The Labute approximate surface area is 144 Å². The third-order valence-electron chi connectivity index (χ3n) is 3.71. The molecule has 0 radical (unpaired) electrons. The molecule has 0 aliphatic carbocycles. The first kappa shape index (κ1) is 17.8. The molecule has 0 fully saturated rings. The average Bonchev–Trinajstić information content (AvgIpc) is 2.57. The topological polar surface area (TPSA) is 57.3 Å². The van der Waals surface area contributed by atoms with Gasteiger partial charge in [0.2, 0.25) is 0 Å². The minimum atomic E-state index is -0.207. The number of pyridine rings is 1. The molecule has 0 saturated heterocycles. The van der Waals surface area contributed by atoms with Crippen molar-refractivity contribution < 1.29 is 4.79 Å². The summed E-state index contributed by atoms with van der Waals surface area (Å²) in [5.74, 6) is -0.207. The van der Waals surface area contributed by atoms with E-state index < -0.39 is 0 Å². The second-order valence-electron chi connectivity index (χ2n) is 5.90. The van der Waals surface area contributed by atoms with Crippen molar-refractivity contribution in [1.82, 2.24) is 4.98 Å². The van der Waals surface area contributed by atoms with Crippen molar-refractivity contribution in [3.8, 4) is 0 Å². The Morgan fingerprint density at radius 1 is 1.04 bits per heavy atom. The minimum absolute atomic E-state index is 0.207. The average molecular weight is 326 g/mol. The summed E-state index contributed by atoms with van der Waals surface area (Å²) in [4.78, 5) is 18.7. The second kappa shape index (κ2) is 8.34. The predicted octanol–water partition coefficient (Wildman–Crippen LogP) is 4.00. The molecule has 0 aliphatic rings. The number of carbonyl (C=O) groups excluding carboxylic acids is 1. The molecule has 24 heavy (non-hydrogen) atoms. The molecule has 1 aromatic carbocycles. The third-order valence-corrected chi connectivity index (χ3v) is 3.71. The summed E-state index contributed by atoms with van der Waals surface area (Å²) < 4.78 is 0. The van der Waals surface area contributed by atoms with Crippen LogP contribution in [0.1, 0.15) is 38.2 Å². The van der Waals surface area contributed by atoms with E-state index in [9.17, 15) is 4.79 Å². The monoisotopic (exact) mass is 326 g/mol.